The van der Waals surface area contributed by atoms with Gasteiger partial charge < -0.3 is 0 Å². The number of fused-ring (bicyclic) bond motifs is 3. The van der Waals surface area contributed by atoms with E-state index in [1.54, 1.807) is 18.3 Å². The van der Waals surface area contributed by atoms with Gasteiger partial charge in [0.15, 0.2) is 0 Å². The van der Waals surface area contributed by atoms with E-state index in [4.69, 9.17) is 0 Å². The van der Waals surface area contributed by atoms with Crippen LogP contribution < -0.4 is 0 Å². The van der Waals surface area contributed by atoms with E-state index in [9.17, 15) is 10.1 Å². The summed E-state index contributed by atoms with van der Waals surface area (Å²) >= 11 is 0. The van der Waals surface area contributed by atoms with E-state index >= 15 is 0 Å². The van der Waals surface area contributed by atoms with Crippen molar-refractivity contribution in [2.45, 2.75) is 0 Å². The van der Waals surface area contributed by atoms with Crippen LogP contribution >= 0.6 is 0 Å². The smallest absolute Gasteiger partial charge is 0.264 e. The highest BCUT2D eigenvalue weighted by Gasteiger charge is 2.04. The van der Waals surface area contributed by atoms with Crippen LogP contribution in [-0.2, 0) is 0 Å². The quantitative estimate of drug-likeness (QED) is 0.217. The Kier molecular flexibility index (Phi) is 3.71. The number of aromatic nitrogens is 1. The van der Waals surface area contributed by atoms with E-state index in [0.717, 1.165) is 27.3 Å². The minimum atomic E-state index is -0.392. The molecule has 0 aliphatic carbocycles. The van der Waals surface area contributed by atoms with Gasteiger partial charge in [-0.15, -0.1) is 0 Å². The van der Waals surface area contributed by atoms with E-state index in [0.29, 0.717) is 0 Å². The molecule has 120 valence electrons. The van der Waals surface area contributed by atoms with Crippen LogP contribution in [0.15, 0.2) is 73.1 Å². The molecule has 0 radical (unpaired) electrons. The zero-order valence-electron chi connectivity index (χ0n) is 13.3. The summed E-state index contributed by atoms with van der Waals surface area (Å²) in [5, 5.41) is 15.3. The van der Waals surface area contributed by atoms with Crippen molar-refractivity contribution in [2.75, 3.05) is 0 Å². The summed E-state index contributed by atoms with van der Waals surface area (Å²) in [6, 6.07) is 18.9. The molecule has 0 N–H and O–H groups in total. The Balaban J connectivity index is 1.76. The van der Waals surface area contributed by atoms with Crippen LogP contribution in [0.2, 0.25) is 0 Å². The van der Waals surface area contributed by atoms with Crippen molar-refractivity contribution in [2.24, 2.45) is 0 Å². The predicted molar refractivity (Wildman–Crippen MR) is 101 cm³/mol. The fourth-order valence-corrected chi connectivity index (χ4v) is 2.99. The molecule has 0 fully saturated rings. The normalized spacial score (nSPS) is 11.4. The maximum absolute atomic E-state index is 10.7. The van der Waals surface area contributed by atoms with Crippen molar-refractivity contribution < 1.29 is 4.92 Å². The van der Waals surface area contributed by atoms with Crippen LogP contribution in [0.3, 0.4) is 0 Å². The fourth-order valence-electron chi connectivity index (χ4n) is 2.99. The van der Waals surface area contributed by atoms with Crippen LogP contribution in [0.1, 0.15) is 11.1 Å². The lowest BCUT2D eigenvalue weighted by molar-refractivity contribution is -0.384. The molecule has 25 heavy (non-hydrogen) atoms. The molecule has 4 aromatic rings. The molecular formula is C21H14N2O2. The van der Waals surface area contributed by atoms with E-state index in [1.807, 2.05) is 30.5 Å². The minimum Gasteiger partial charge on any atom is -0.264 e. The molecule has 3 aromatic carbocycles. The molecule has 4 heteroatoms. The van der Waals surface area contributed by atoms with Gasteiger partial charge in [-0.05, 0) is 45.5 Å². The highest BCUT2D eigenvalue weighted by atomic mass is 16.6. The van der Waals surface area contributed by atoms with Crippen molar-refractivity contribution in [1.82, 2.24) is 4.98 Å². The minimum absolute atomic E-state index is 0.0984. The van der Waals surface area contributed by atoms with Gasteiger partial charge in [-0.25, -0.2) is 0 Å². The molecule has 0 amide bonds. The largest absolute Gasteiger partial charge is 0.269 e. The van der Waals surface area contributed by atoms with E-state index in [1.165, 1.54) is 17.5 Å². The van der Waals surface area contributed by atoms with E-state index in [-0.39, 0.29) is 5.69 Å². The molecule has 4 rings (SSSR count). The lowest BCUT2D eigenvalue weighted by Crippen LogP contribution is -1.86. The zero-order chi connectivity index (χ0) is 17.2. The third kappa shape index (κ3) is 2.85. The van der Waals surface area contributed by atoms with Gasteiger partial charge >= 0.3 is 0 Å². The Morgan fingerprint density at radius 2 is 1.68 bits per heavy atom. The number of rotatable bonds is 3. The second kappa shape index (κ2) is 6.17. The average Bonchev–Trinajstić information content (AvgIpc) is 2.66. The summed E-state index contributed by atoms with van der Waals surface area (Å²) in [4.78, 5) is 14.6. The summed E-state index contributed by atoms with van der Waals surface area (Å²) in [5.41, 5.74) is 2.12. The van der Waals surface area contributed by atoms with Gasteiger partial charge in [0.25, 0.3) is 5.69 Å². The summed E-state index contributed by atoms with van der Waals surface area (Å²) in [6.45, 7) is 0. The van der Waals surface area contributed by atoms with Gasteiger partial charge in [0.1, 0.15) is 0 Å². The Hall–Kier alpha value is -3.53. The van der Waals surface area contributed by atoms with Crippen molar-refractivity contribution in [3.8, 4) is 0 Å². The van der Waals surface area contributed by atoms with E-state index < -0.39 is 4.92 Å². The molecule has 0 bridgehead atoms. The van der Waals surface area contributed by atoms with Crippen molar-refractivity contribution in [1.29, 1.82) is 0 Å². The second-order valence-electron chi connectivity index (χ2n) is 5.79. The molecule has 0 unspecified atom stereocenters. The van der Waals surface area contributed by atoms with Gasteiger partial charge in [-0.1, -0.05) is 42.5 Å². The Morgan fingerprint density at radius 3 is 2.48 bits per heavy atom. The first-order valence-corrected chi connectivity index (χ1v) is 7.90. The Morgan fingerprint density at radius 1 is 0.840 bits per heavy atom. The van der Waals surface area contributed by atoms with Crippen molar-refractivity contribution >= 4 is 39.4 Å². The molecule has 1 aromatic heterocycles. The predicted octanol–water partition coefficient (Wildman–Crippen LogP) is 5.47. The van der Waals surface area contributed by atoms with Crippen LogP contribution in [0.25, 0.3) is 33.7 Å². The van der Waals surface area contributed by atoms with Gasteiger partial charge in [0, 0.05) is 29.9 Å². The summed E-state index contributed by atoms with van der Waals surface area (Å²) < 4.78 is 0. The van der Waals surface area contributed by atoms with Crippen LogP contribution in [0, 0.1) is 10.1 Å². The highest BCUT2D eigenvalue weighted by Crippen LogP contribution is 2.28. The Labute approximate surface area is 144 Å². The van der Waals surface area contributed by atoms with Gasteiger partial charge in [-0.3, -0.25) is 15.1 Å². The van der Waals surface area contributed by atoms with Crippen LogP contribution in [-0.4, -0.2) is 9.91 Å². The maximum atomic E-state index is 10.7. The number of non-ortho nitro benzene ring substituents is 1. The monoisotopic (exact) mass is 326 g/mol. The number of benzene rings is 3. The standard InChI is InChI=1S/C21H14N2O2/c24-23(25)18-9-5-15(6-10-18)4-7-16-2-1-3-20-19(16)11-8-17-12-13-22-14-21(17)20/h1-14H/b7-4+. The summed E-state index contributed by atoms with van der Waals surface area (Å²) in [7, 11) is 0. The Bertz CT molecular complexity index is 1120. The van der Waals surface area contributed by atoms with E-state index in [2.05, 4.69) is 29.2 Å². The summed E-state index contributed by atoms with van der Waals surface area (Å²) in [5.74, 6) is 0. The number of pyridine rings is 1. The number of nitro benzene ring substituents is 1. The number of hydrogen-bond acceptors (Lipinski definition) is 3. The topological polar surface area (TPSA) is 56.0 Å². The first-order chi connectivity index (χ1) is 12.2. The van der Waals surface area contributed by atoms with Gasteiger partial charge in [-0.2, -0.15) is 0 Å². The first kappa shape index (κ1) is 15.0. The molecule has 0 saturated heterocycles. The molecule has 0 aliphatic rings. The third-order valence-corrected chi connectivity index (χ3v) is 4.27. The SMILES string of the molecule is O=[N+]([O-])c1ccc(/C=C/c2cccc3c2ccc2ccncc23)cc1. The molecule has 0 atom stereocenters. The molecule has 0 aliphatic heterocycles. The molecule has 0 spiro atoms. The zero-order valence-corrected chi connectivity index (χ0v) is 13.3. The first-order valence-electron chi connectivity index (χ1n) is 7.90. The maximum Gasteiger partial charge on any atom is 0.269 e. The van der Waals surface area contributed by atoms with Gasteiger partial charge in [0.05, 0.1) is 4.92 Å². The van der Waals surface area contributed by atoms with Crippen molar-refractivity contribution in [3.63, 3.8) is 0 Å². The van der Waals surface area contributed by atoms with Crippen LogP contribution in [0.4, 0.5) is 5.69 Å². The second-order valence-corrected chi connectivity index (χ2v) is 5.79. The third-order valence-electron chi connectivity index (χ3n) is 4.27. The molecule has 1 heterocycles. The molecule has 4 nitrogen and oxygen atoms in total. The highest BCUT2D eigenvalue weighted by molar-refractivity contribution is 6.09. The number of nitrogens with zero attached hydrogens (tertiary/aromatic N) is 2. The average molecular weight is 326 g/mol. The van der Waals surface area contributed by atoms with Gasteiger partial charge in [0.2, 0.25) is 0 Å². The molecule has 0 saturated carbocycles. The molecular weight excluding hydrogens is 312 g/mol. The lowest BCUT2D eigenvalue weighted by atomic mass is 9.99. The van der Waals surface area contributed by atoms with Crippen LogP contribution in [0.5, 0.6) is 0 Å². The summed E-state index contributed by atoms with van der Waals surface area (Å²) in [6.07, 6.45) is 7.69. The number of nitro groups is 1. The lowest BCUT2D eigenvalue weighted by Gasteiger charge is -2.06. The fraction of sp³-hybridized carbons (Fsp3) is 0. The van der Waals surface area contributed by atoms with Crippen molar-refractivity contribution in [3.05, 3.63) is 94.3 Å². The number of hydrogen-bond donors (Lipinski definition) is 0.